The number of hydrogen-bond acceptors (Lipinski definition) is 5. The van der Waals surface area contributed by atoms with Gasteiger partial charge in [-0.2, -0.15) is 0 Å². The van der Waals surface area contributed by atoms with Crippen LogP contribution in [0.5, 0.6) is 0 Å². The van der Waals surface area contributed by atoms with Crippen molar-refractivity contribution in [3.63, 3.8) is 0 Å². The van der Waals surface area contributed by atoms with Crippen molar-refractivity contribution in [2.24, 2.45) is 44.8 Å². The molecule has 4 rings (SSSR count). The Kier molecular flexibility index (Phi) is 6.64. The van der Waals surface area contributed by atoms with Gasteiger partial charge < -0.3 is 20.4 Å². The molecular weight excluding hydrogens is 472 g/mol. The van der Waals surface area contributed by atoms with Gasteiger partial charge in [0.15, 0.2) is 0 Å². The second-order valence-corrected chi connectivity index (χ2v) is 13.6. The smallest absolute Gasteiger partial charge is 0.313 e. The normalized spacial score (nSPS) is 47.6. The van der Waals surface area contributed by atoms with Gasteiger partial charge in [-0.05, 0) is 92.4 Å². The second-order valence-electron chi connectivity index (χ2n) is 13.6. The molecule has 37 heavy (non-hydrogen) atoms. The van der Waals surface area contributed by atoms with Gasteiger partial charge in [0, 0.05) is 5.92 Å². The first-order valence-electron chi connectivity index (χ1n) is 13.7. The van der Waals surface area contributed by atoms with E-state index in [9.17, 15) is 34.8 Å². The maximum absolute atomic E-state index is 12.6. The Labute approximate surface area is 220 Å². The van der Waals surface area contributed by atoms with Gasteiger partial charge in [0.2, 0.25) is 0 Å². The Balaban J connectivity index is 1.78. The summed E-state index contributed by atoms with van der Waals surface area (Å²) in [6, 6.07) is 0. The molecule has 2 fully saturated rings. The summed E-state index contributed by atoms with van der Waals surface area (Å²) in [6.45, 7) is 11.5. The first kappa shape index (κ1) is 28.0. The highest BCUT2D eigenvalue weighted by molar-refractivity contribution is 5.80. The van der Waals surface area contributed by atoms with Crippen molar-refractivity contribution >= 4 is 17.7 Å². The topological polar surface area (TPSA) is 132 Å². The van der Waals surface area contributed by atoms with E-state index in [0.29, 0.717) is 38.5 Å². The molecule has 7 heteroatoms. The van der Waals surface area contributed by atoms with E-state index in [0.717, 1.165) is 12.0 Å². The zero-order valence-electron chi connectivity index (χ0n) is 23.1. The van der Waals surface area contributed by atoms with Gasteiger partial charge in [0.25, 0.3) is 0 Å². The molecule has 2 saturated carbocycles. The molecule has 0 saturated heterocycles. The van der Waals surface area contributed by atoms with Gasteiger partial charge in [-0.1, -0.05) is 45.9 Å². The summed E-state index contributed by atoms with van der Waals surface area (Å²) in [5.41, 5.74) is -2.57. The van der Waals surface area contributed by atoms with Gasteiger partial charge in [-0.25, -0.2) is 0 Å². The number of carbonyl (C=O) groups excluding carboxylic acids is 1. The van der Waals surface area contributed by atoms with E-state index < -0.39 is 40.4 Å². The lowest BCUT2D eigenvalue weighted by Crippen LogP contribution is -2.67. The second kappa shape index (κ2) is 8.77. The zero-order valence-corrected chi connectivity index (χ0v) is 23.1. The van der Waals surface area contributed by atoms with Gasteiger partial charge in [0.1, 0.15) is 5.78 Å². The van der Waals surface area contributed by atoms with Crippen LogP contribution in [0.3, 0.4) is 0 Å². The van der Waals surface area contributed by atoms with Gasteiger partial charge in [0.05, 0.1) is 23.0 Å². The van der Waals surface area contributed by atoms with Crippen molar-refractivity contribution in [1.82, 2.24) is 0 Å². The van der Waals surface area contributed by atoms with Crippen molar-refractivity contribution in [3.05, 3.63) is 23.8 Å². The lowest BCUT2D eigenvalue weighted by molar-refractivity contribution is -0.229. The summed E-state index contributed by atoms with van der Waals surface area (Å²) in [6.07, 6.45) is 7.46. The lowest BCUT2D eigenvalue weighted by Gasteiger charge is -2.68. The number of carboxylic acid groups (broad SMARTS) is 2. The molecular formula is C30H44O7. The molecule has 4 N–H and O–H groups in total. The summed E-state index contributed by atoms with van der Waals surface area (Å²) >= 11 is 0. The summed E-state index contributed by atoms with van der Waals surface area (Å²) in [5.74, 6) is -2.37. The number of aliphatic hydroxyl groups excluding tert-OH is 2. The first-order valence-corrected chi connectivity index (χ1v) is 13.7. The number of aliphatic carboxylic acids is 2. The minimum absolute atomic E-state index is 0.0308. The number of allylic oxidation sites excluding steroid dienone is 3. The first-order chi connectivity index (χ1) is 17.0. The molecule has 0 heterocycles. The van der Waals surface area contributed by atoms with Crippen LogP contribution in [0.4, 0.5) is 0 Å². The molecule has 10 atom stereocenters. The highest BCUT2D eigenvalue weighted by Gasteiger charge is 2.69. The number of carbonyl (C=O) groups is 3. The largest absolute Gasteiger partial charge is 0.481 e. The van der Waals surface area contributed by atoms with E-state index in [1.807, 2.05) is 19.1 Å². The van der Waals surface area contributed by atoms with E-state index in [4.69, 9.17) is 0 Å². The minimum atomic E-state index is -1.45. The molecule has 0 aromatic heterocycles. The fraction of sp³-hybridized carbons (Fsp3) is 0.767. The van der Waals surface area contributed by atoms with Crippen molar-refractivity contribution < 1.29 is 34.8 Å². The van der Waals surface area contributed by atoms with Crippen LogP contribution in [0.25, 0.3) is 0 Å². The Morgan fingerprint density at radius 2 is 1.68 bits per heavy atom. The number of ketones is 1. The lowest BCUT2D eigenvalue weighted by atomic mass is 9.35. The van der Waals surface area contributed by atoms with E-state index in [1.165, 1.54) is 0 Å². The van der Waals surface area contributed by atoms with E-state index >= 15 is 0 Å². The van der Waals surface area contributed by atoms with Crippen LogP contribution in [0.1, 0.15) is 86.5 Å². The van der Waals surface area contributed by atoms with Crippen LogP contribution in [-0.4, -0.2) is 50.4 Å². The van der Waals surface area contributed by atoms with E-state index in [1.54, 1.807) is 13.8 Å². The minimum Gasteiger partial charge on any atom is -0.481 e. The van der Waals surface area contributed by atoms with Crippen molar-refractivity contribution in [1.29, 1.82) is 0 Å². The summed E-state index contributed by atoms with van der Waals surface area (Å²) in [7, 11) is 0. The molecule has 206 valence electrons. The van der Waals surface area contributed by atoms with Crippen molar-refractivity contribution in [2.75, 3.05) is 0 Å². The molecule has 0 bridgehead atoms. The number of aliphatic hydroxyl groups is 2. The summed E-state index contributed by atoms with van der Waals surface area (Å²) in [4.78, 5) is 36.9. The Hall–Kier alpha value is -1.99. The van der Waals surface area contributed by atoms with Crippen LogP contribution in [0.15, 0.2) is 23.8 Å². The standard InChI is InChI=1S/C30H44O7/c1-17(18(2)31)9-12-30(25(36)37)14-13-27(4)19(15-30)7-8-21-26(3)16-20(32)23(33)29(6,24(34)35)22(26)10-11-28(21,27)5/h7-8,15,17,20-23,32-33H,9-14,16H2,1-6H3,(H,34,35)(H,36,37)/t17?,20-,21?,22?,23-,26-,27-,28-,29+,30+/m1/s1. The fourth-order valence-electron chi connectivity index (χ4n) is 8.97. The molecule has 4 aliphatic carbocycles. The maximum Gasteiger partial charge on any atom is 0.313 e. The molecule has 3 unspecified atom stereocenters. The SMILES string of the molecule is CC(=O)C(C)CC[C@@]1(C(=O)O)C=C2C=CC3[C@@]4(C)C[C@@H](O)[C@@H](O)[C@@](C)(C(=O)O)C4CC[C@@]3(C)[C@]2(C)CC1. The molecule has 4 aliphatic rings. The van der Waals surface area contributed by atoms with Crippen LogP contribution < -0.4 is 0 Å². The molecule has 0 aromatic carbocycles. The third-order valence-electron chi connectivity index (χ3n) is 12.0. The molecule has 0 radical (unpaired) electrons. The van der Waals surface area contributed by atoms with Crippen LogP contribution in [-0.2, 0) is 14.4 Å². The quantitative estimate of drug-likeness (QED) is 0.405. The van der Waals surface area contributed by atoms with Crippen molar-refractivity contribution in [2.45, 2.75) is 98.7 Å². The number of hydrogen-bond donors (Lipinski definition) is 4. The monoisotopic (exact) mass is 516 g/mol. The van der Waals surface area contributed by atoms with Gasteiger partial charge in [-0.3, -0.25) is 14.4 Å². The third kappa shape index (κ3) is 3.70. The summed E-state index contributed by atoms with van der Waals surface area (Å²) < 4.78 is 0. The number of Topliss-reactive ketones (excluding diaryl/α,β-unsaturated/α-hetero) is 1. The summed E-state index contributed by atoms with van der Waals surface area (Å²) in [5, 5.41) is 42.2. The fourth-order valence-corrected chi connectivity index (χ4v) is 8.97. The molecule has 0 spiro atoms. The Morgan fingerprint density at radius 3 is 2.24 bits per heavy atom. The van der Waals surface area contributed by atoms with Crippen LogP contribution in [0.2, 0.25) is 0 Å². The highest BCUT2D eigenvalue weighted by Crippen LogP contribution is 2.72. The average molecular weight is 517 g/mol. The highest BCUT2D eigenvalue weighted by atomic mass is 16.4. The van der Waals surface area contributed by atoms with Crippen LogP contribution in [0, 0.1) is 44.8 Å². The molecule has 0 amide bonds. The maximum atomic E-state index is 12.6. The number of carboxylic acids is 2. The van der Waals surface area contributed by atoms with E-state index in [2.05, 4.69) is 26.8 Å². The Morgan fingerprint density at radius 1 is 1.03 bits per heavy atom. The average Bonchev–Trinajstić information content (AvgIpc) is 2.81. The van der Waals surface area contributed by atoms with Crippen molar-refractivity contribution in [3.8, 4) is 0 Å². The molecule has 0 aromatic rings. The predicted octanol–water partition coefficient (Wildman–Crippen LogP) is 4.61. The van der Waals surface area contributed by atoms with Crippen LogP contribution >= 0.6 is 0 Å². The number of rotatable bonds is 6. The molecule has 0 aliphatic heterocycles. The molecule has 7 nitrogen and oxygen atoms in total. The third-order valence-corrected chi connectivity index (χ3v) is 12.0. The zero-order chi connectivity index (χ0) is 27.8. The van der Waals surface area contributed by atoms with Gasteiger partial charge in [-0.15, -0.1) is 0 Å². The van der Waals surface area contributed by atoms with Gasteiger partial charge >= 0.3 is 11.9 Å². The Bertz CT molecular complexity index is 1060. The van der Waals surface area contributed by atoms with E-state index in [-0.39, 0.29) is 34.4 Å². The predicted molar refractivity (Wildman–Crippen MR) is 139 cm³/mol. The number of fused-ring (bicyclic) bond motifs is 5.